The number of benzene rings is 1. The van der Waals surface area contributed by atoms with E-state index in [9.17, 15) is 9.90 Å². The minimum absolute atomic E-state index is 0.137. The normalized spacial score (nSPS) is 20.4. The van der Waals surface area contributed by atoms with Crippen LogP contribution in [-0.2, 0) is 17.6 Å². The Morgan fingerprint density at radius 2 is 2.19 bits per heavy atom. The maximum Gasteiger partial charge on any atom is 0.313 e. The van der Waals surface area contributed by atoms with Gasteiger partial charge in [0.2, 0.25) is 0 Å². The number of fused-ring (bicyclic) bond motifs is 1. The summed E-state index contributed by atoms with van der Waals surface area (Å²) >= 11 is 6.11. The SMILES string of the molecule is O=C(O)C1(Cc2ccncc2Cl)COc2ccccc2C1. The van der Waals surface area contributed by atoms with Crippen LogP contribution in [0.5, 0.6) is 5.75 Å². The van der Waals surface area contributed by atoms with Crippen molar-refractivity contribution < 1.29 is 14.6 Å². The summed E-state index contributed by atoms with van der Waals surface area (Å²) in [5.41, 5.74) is 0.688. The molecule has 0 aliphatic carbocycles. The third kappa shape index (κ3) is 2.59. The fourth-order valence-corrected chi connectivity index (χ4v) is 2.85. The number of carboxylic acid groups (broad SMARTS) is 1. The summed E-state index contributed by atoms with van der Waals surface area (Å²) in [6.45, 7) is 0.137. The van der Waals surface area contributed by atoms with Crippen molar-refractivity contribution in [2.75, 3.05) is 6.61 Å². The average Bonchev–Trinajstić information content (AvgIpc) is 2.49. The van der Waals surface area contributed by atoms with Crippen molar-refractivity contribution in [3.8, 4) is 5.75 Å². The number of hydrogen-bond donors (Lipinski definition) is 1. The summed E-state index contributed by atoms with van der Waals surface area (Å²) in [5, 5.41) is 10.2. The molecule has 21 heavy (non-hydrogen) atoms. The number of hydrogen-bond acceptors (Lipinski definition) is 3. The number of para-hydroxylation sites is 1. The molecule has 1 unspecified atom stereocenters. The predicted octanol–water partition coefficient (Wildman–Crippen LogP) is 2.98. The number of pyridine rings is 1. The van der Waals surface area contributed by atoms with Gasteiger partial charge in [0, 0.05) is 12.4 Å². The zero-order valence-corrected chi connectivity index (χ0v) is 12.0. The molecule has 1 atom stereocenters. The Labute approximate surface area is 127 Å². The number of carboxylic acids is 1. The smallest absolute Gasteiger partial charge is 0.313 e. The largest absolute Gasteiger partial charge is 0.492 e. The third-order valence-corrected chi connectivity index (χ3v) is 4.18. The van der Waals surface area contributed by atoms with Gasteiger partial charge in [0.1, 0.15) is 17.8 Å². The van der Waals surface area contributed by atoms with E-state index in [1.165, 1.54) is 6.20 Å². The van der Waals surface area contributed by atoms with Gasteiger partial charge in [-0.15, -0.1) is 0 Å². The van der Waals surface area contributed by atoms with Crippen LogP contribution in [-0.4, -0.2) is 22.7 Å². The van der Waals surface area contributed by atoms with Gasteiger partial charge < -0.3 is 9.84 Å². The molecular weight excluding hydrogens is 290 g/mol. The van der Waals surface area contributed by atoms with Crippen molar-refractivity contribution in [3.05, 3.63) is 58.9 Å². The highest BCUT2D eigenvalue weighted by molar-refractivity contribution is 6.31. The highest BCUT2D eigenvalue weighted by Crippen LogP contribution is 2.38. The highest BCUT2D eigenvalue weighted by Gasteiger charge is 2.43. The third-order valence-electron chi connectivity index (χ3n) is 3.84. The van der Waals surface area contributed by atoms with Crippen molar-refractivity contribution in [3.63, 3.8) is 0 Å². The first-order chi connectivity index (χ1) is 10.1. The Bertz CT molecular complexity index is 689. The first kappa shape index (κ1) is 13.9. The molecule has 1 aromatic carbocycles. The van der Waals surface area contributed by atoms with Gasteiger partial charge in [-0.05, 0) is 36.1 Å². The van der Waals surface area contributed by atoms with Crippen molar-refractivity contribution in [2.45, 2.75) is 12.8 Å². The zero-order valence-electron chi connectivity index (χ0n) is 11.3. The lowest BCUT2D eigenvalue weighted by Gasteiger charge is -2.34. The number of nitrogens with zero attached hydrogens (tertiary/aromatic N) is 1. The molecule has 1 aliphatic rings. The van der Waals surface area contributed by atoms with Crippen LogP contribution >= 0.6 is 11.6 Å². The lowest BCUT2D eigenvalue weighted by atomic mass is 9.76. The molecule has 2 aromatic rings. The van der Waals surface area contributed by atoms with Crippen LogP contribution in [0.4, 0.5) is 0 Å². The van der Waals surface area contributed by atoms with Crippen LogP contribution < -0.4 is 4.74 Å². The molecule has 0 fully saturated rings. The van der Waals surface area contributed by atoms with Gasteiger partial charge in [0.25, 0.3) is 0 Å². The first-order valence-corrected chi connectivity index (χ1v) is 7.01. The van der Waals surface area contributed by atoms with Gasteiger partial charge in [-0.1, -0.05) is 29.8 Å². The molecule has 0 spiro atoms. The van der Waals surface area contributed by atoms with Crippen LogP contribution in [0.3, 0.4) is 0 Å². The summed E-state index contributed by atoms with van der Waals surface area (Å²) in [6.07, 6.45) is 3.90. The molecule has 108 valence electrons. The fraction of sp³-hybridized carbons (Fsp3) is 0.250. The molecule has 1 aromatic heterocycles. The monoisotopic (exact) mass is 303 g/mol. The second-order valence-corrected chi connectivity index (χ2v) is 5.71. The predicted molar refractivity (Wildman–Crippen MR) is 78.7 cm³/mol. The van der Waals surface area contributed by atoms with E-state index in [1.54, 1.807) is 12.3 Å². The molecule has 0 saturated carbocycles. The van der Waals surface area contributed by atoms with Gasteiger partial charge in [-0.3, -0.25) is 9.78 Å². The Morgan fingerprint density at radius 1 is 1.38 bits per heavy atom. The van der Waals surface area contributed by atoms with E-state index in [2.05, 4.69) is 4.98 Å². The highest BCUT2D eigenvalue weighted by atomic mass is 35.5. The van der Waals surface area contributed by atoms with Crippen LogP contribution in [0.25, 0.3) is 0 Å². The molecule has 1 aliphatic heterocycles. The lowest BCUT2D eigenvalue weighted by Crippen LogP contribution is -2.43. The number of halogens is 1. The molecule has 0 saturated heterocycles. The minimum Gasteiger partial charge on any atom is -0.492 e. The molecule has 3 rings (SSSR count). The van der Waals surface area contributed by atoms with E-state index in [1.807, 2.05) is 24.3 Å². The number of aliphatic carboxylic acids is 1. The van der Waals surface area contributed by atoms with Gasteiger partial charge >= 0.3 is 5.97 Å². The van der Waals surface area contributed by atoms with Crippen molar-refractivity contribution in [2.24, 2.45) is 5.41 Å². The molecule has 0 radical (unpaired) electrons. The van der Waals surface area contributed by atoms with Gasteiger partial charge in [-0.25, -0.2) is 0 Å². The summed E-state index contributed by atoms with van der Waals surface area (Å²) in [5.74, 6) is -0.111. The Morgan fingerprint density at radius 3 is 2.95 bits per heavy atom. The quantitative estimate of drug-likeness (QED) is 0.947. The van der Waals surface area contributed by atoms with Crippen molar-refractivity contribution >= 4 is 17.6 Å². The molecule has 0 bridgehead atoms. The summed E-state index contributed by atoms with van der Waals surface area (Å²) in [6, 6.07) is 9.29. The number of aromatic nitrogens is 1. The maximum absolute atomic E-state index is 11.9. The van der Waals surface area contributed by atoms with Crippen LogP contribution in [0, 0.1) is 5.41 Å². The summed E-state index contributed by atoms with van der Waals surface area (Å²) in [7, 11) is 0. The number of carbonyl (C=O) groups is 1. The van der Waals surface area contributed by atoms with Crippen LogP contribution in [0.2, 0.25) is 5.02 Å². The first-order valence-electron chi connectivity index (χ1n) is 6.63. The van der Waals surface area contributed by atoms with Crippen LogP contribution in [0.1, 0.15) is 11.1 Å². The lowest BCUT2D eigenvalue weighted by molar-refractivity contribution is -0.151. The standard InChI is InChI=1S/C16H14ClNO3/c17-13-9-18-6-5-11(13)7-16(15(19)20)8-12-3-1-2-4-14(12)21-10-16/h1-6,9H,7-8,10H2,(H,19,20). The molecule has 2 heterocycles. The van der Waals surface area contributed by atoms with Crippen LogP contribution in [0.15, 0.2) is 42.7 Å². The minimum atomic E-state index is -1.00. The molecule has 5 heteroatoms. The maximum atomic E-state index is 11.9. The van der Waals surface area contributed by atoms with Gasteiger partial charge in [0.15, 0.2) is 0 Å². The van der Waals surface area contributed by atoms with E-state index in [-0.39, 0.29) is 6.61 Å². The Balaban J connectivity index is 1.96. The molecule has 4 nitrogen and oxygen atoms in total. The Kier molecular flexibility index (Phi) is 3.55. The van der Waals surface area contributed by atoms with E-state index in [0.29, 0.717) is 17.9 Å². The molecule has 0 amide bonds. The number of ether oxygens (including phenoxy) is 1. The second kappa shape index (κ2) is 5.37. The zero-order chi connectivity index (χ0) is 14.9. The fourth-order valence-electron chi connectivity index (χ4n) is 2.66. The summed E-state index contributed by atoms with van der Waals surface area (Å²) in [4.78, 5) is 15.8. The Hall–Kier alpha value is -2.07. The van der Waals surface area contributed by atoms with Gasteiger partial charge in [-0.2, -0.15) is 0 Å². The van der Waals surface area contributed by atoms with E-state index in [4.69, 9.17) is 16.3 Å². The molecular formula is C16H14ClNO3. The average molecular weight is 304 g/mol. The van der Waals surface area contributed by atoms with E-state index < -0.39 is 11.4 Å². The second-order valence-electron chi connectivity index (χ2n) is 5.30. The molecule has 1 N–H and O–H groups in total. The summed E-state index contributed by atoms with van der Waals surface area (Å²) < 4.78 is 5.67. The van der Waals surface area contributed by atoms with Crippen molar-refractivity contribution in [1.29, 1.82) is 0 Å². The topological polar surface area (TPSA) is 59.4 Å². The van der Waals surface area contributed by atoms with E-state index >= 15 is 0 Å². The van der Waals surface area contributed by atoms with Crippen molar-refractivity contribution in [1.82, 2.24) is 4.98 Å². The van der Waals surface area contributed by atoms with E-state index in [0.717, 1.165) is 16.9 Å². The van der Waals surface area contributed by atoms with Gasteiger partial charge in [0.05, 0.1) is 5.02 Å². The number of rotatable bonds is 3.